The van der Waals surface area contributed by atoms with Crippen LogP contribution in [0.1, 0.15) is 13.8 Å². The fourth-order valence-corrected chi connectivity index (χ4v) is 4.17. The van der Waals surface area contributed by atoms with Gasteiger partial charge < -0.3 is 4.52 Å². The summed E-state index contributed by atoms with van der Waals surface area (Å²) in [6.07, 6.45) is -0.376. The van der Waals surface area contributed by atoms with Crippen molar-refractivity contribution in [1.82, 2.24) is 0 Å². The zero-order valence-electron chi connectivity index (χ0n) is 9.59. The average molecular weight is 404 g/mol. The largest absolute Gasteiger partial charge is 0.437 e. The molecule has 0 radical (unpaired) electrons. The van der Waals surface area contributed by atoms with E-state index in [1.54, 1.807) is 13.8 Å². The van der Waals surface area contributed by atoms with Crippen molar-refractivity contribution in [1.29, 1.82) is 0 Å². The smallest absolute Gasteiger partial charge is 0.414 e. The minimum atomic E-state index is -3.71. The highest BCUT2D eigenvalue weighted by Gasteiger charge is 2.28. The highest BCUT2D eigenvalue weighted by molar-refractivity contribution is 8.44. The Balaban J connectivity index is 3.26. The molecule has 0 saturated carbocycles. The first kappa shape index (κ1) is 18.1. The van der Waals surface area contributed by atoms with Gasteiger partial charge in [0.25, 0.3) is 0 Å². The lowest BCUT2D eigenvalue weighted by Gasteiger charge is -2.19. The Bertz CT molecular complexity index is 522. The van der Waals surface area contributed by atoms with Gasteiger partial charge in [0, 0.05) is 0 Å². The van der Waals surface area contributed by atoms with Crippen molar-refractivity contribution in [3.63, 3.8) is 0 Å². The lowest BCUT2D eigenvalue weighted by molar-refractivity contribution is 0.222. The van der Waals surface area contributed by atoms with E-state index in [-0.39, 0.29) is 37.0 Å². The van der Waals surface area contributed by atoms with Gasteiger partial charge in [0.1, 0.15) is 10.0 Å². The van der Waals surface area contributed by atoms with Crippen molar-refractivity contribution in [3.8, 4) is 5.75 Å². The molecule has 0 saturated heterocycles. The molecule has 0 heterocycles. The summed E-state index contributed by atoms with van der Waals surface area (Å²) in [5.41, 5.74) is 0. The third kappa shape index (κ3) is 4.49. The van der Waals surface area contributed by atoms with Crippen molar-refractivity contribution in [2.45, 2.75) is 20.0 Å². The fraction of sp³-hybridized carbons (Fsp3) is 0.333. The normalized spacial score (nSPS) is 14.6. The predicted octanol–water partition coefficient (Wildman–Crippen LogP) is 6.80. The second kappa shape index (κ2) is 6.85. The van der Waals surface area contributed by atoms with Crippen LogP contribution in [0.4, 0.5) is 0 Å². The van der Waals surface area contributed by atoms with Gasteiger partial charge in [-0.05, 0) is 26.1 Å². The first-order chi connectivity index (χ1) is 8.57. The standard InChI is InChI=1S/C9H8Cl5O3PS/c1-3(2)16-18(15,19)17-9-7(13)5(11)4(10)6(12)8(9)14/h3H,1-2H3,(H,15,19). The van der Waals surface area contributed by atoms with E-state index in [4.69, 9.17) is 67.1 Å². The summed E-state index contributed by atoms with van der Waals surface area (Å²) in [5, 5.41) is -0.397. The van der Waals surface area contributed by atoms with Crippen LogP contribution in [0.15, 0.2) is 0 Å². The molecule has 0 amide bonds. The molecule has 19 heavy (non-hydrogen) atoms. The molecule has 0 aliphatic heterocycles. The SMILES string of the molecule is CC(C)OP(=O)(S)Oc1c(Cl)c(Cl)c(Cl)c(Cl)c1Cl. The van der Waals surface area contributed by atoms with E-state index >= 15 is 0 Å². The van der Waals surface area contributed by atoms with E-state index in [0.29, 0.717) is 0 Å². The summed E-state index contributed by atoms with van der Waals surface area (Å²) in [6, 6.07) is 0. The van der Waals surface area contributed by atoms with E-state index in [1.165, 1.54) is 0 Å². The molecule has 1 unspecified atom stereocenters. The van der Waals surface area contributed by atoms with Crippen LogP contribution in [0.3, 0.4) is 0 Å². The summed E-state index contributed by atoms with van der Waals surface area (Å²) in [4.78, 5) is 0. The summed E-state index contributed by atoms with van der Waals surface area (Å²) in [5.74, 6) is -0.193. The number of hydrogen-bond donors (Lipinski definition) is 1. The Kier molecular flexibility index (Phi) is 6.51. The van der Waals surface area contributed by atoms with Gasteiger partial charge in [-0.3, -0.25) is 4.52 Å². The van der Waals surface area contributed by atoms with Gasteiger partial charge in [-0.15, -0.1) is 0 Å². The minimum Gasteiger partial charge on any atom is -0.414 e. The Morgan fingerprint density at radius 1 is 0.947 bits per heavy atom. The number of rotatable bonds is 4. The number of benzene rings is 1. The van der Waals surface area contributed by atoms with E-state index in [9.17, 15) is 4.57 Å². The molecule has 0 aliphatic rings. The molecule has 0 aromatic heterocycles. The van der Waals surface area contributed by atoms with Crippen LogP contribution in [0.25, 0.3) is 0 Å². The molecule has 0 bridgehead atoms. The predicted molar refractivity (Wildman–Crippen MR) is 84.9 cm³/mol. The first-order valence-corrected chi connectivity index (χ1v) is 9.37. The van der Waals surface area contributed by atoms with Crippen molar-refractivity contribution >= 4 is 77.1 Å². The minimum absolute atomic E-state index is 0.0237. The monoisotopic (exact) mass is 402 g/mol. The van der Waals surface area contributed by atoms with Crippen molar-refractivity contribution in [3.05, 3.63) is 25.1 Å². The zero-order chi connectivity index (χ0) is 15.0. The topological polar surface area (TPSA) is 35.5 Å². The number of hydrogen-bond acceptors (Lipinski definition) is 3. The van der Waals surface area contributed by atoms with Gasteiger partial charge in [-0.25, -0.2) is 4.57 Å². The third-order valence-electron chi connectivity index (χ3n) is 1.72. The molecule has 1 aromatic rings. The number of thiol groups is 1. The van der Waals surface area contributed by atoms with Crippen molar-refractivity contribution < 1.29 is 13.6 Å². The maximum atomic E-state index is 12.0. The highest BCUT2D eigenvalue weighted by Crippen LogP contribution is 2.58. The molecular weight excluding hydrogens is 396 g/mol. The molecule has 3 nitrogen and oxygen atoms in total. The molecule has 0 N–H and O–H groups in total. The van der Waals surface area contributed by atoms with Gasteiger partial charge in [0.05, 0.1) is 21.2 Å². The van der Waals surface area contributed by atoms with Gasteiger partial charge in [-0.2, -0.15) is 0 Å². The maximum Gasteiger partial charge on any atom is 0.437 e. The molecule has 1 atom stereocenters. The third-order valence-corrected chi connectivity index (χ3v) is 5.59. The molecule has 0 spiro atoms. The molecule has 0 fully saturated rings. The van der Waals surface area contributed by atoms with Gasteiger partial charge in [0.15, 0.2) is 5.75 Å². The van der Waals surface area contributed by atoms with Crippen LogP contribution in [0.2, 0.25) is 25.1 Å². The molecule has 108 valence electrons. The molecule has 0 aliphatic carbocycles. The second-order valence-corrected chi connectivity index (χ2v) is 8.30. The van der Waals surface area contributed by atoms with E-state index in [0.717, 1.165) is 0 Å². The van der Waals surface area contributed by atoms with Crippen LogP contribution < -0.4 is 4.52 Å². The molecular formula is C9H8Cl5O3PS. The Labute approximate surface area is 141 Å². The summed E-state index contributed by atoms with van der Waals surface area (Å²) < 4.78 is 22.1. The van der Waals surface area contributed by atoms with Crippen LogP contribution in [0, 0.1) is 0 Å². The molecule has 10 heteroatoms. The number of halogens is 5. The maximum absolute atomic E-state index is 12.0. The van der Waals surface area contributed by atoms with E-state index in [2.05, 4.69) is 12.2 Å². The Morgan fingerprint density at radius 3 is 1.68 bits per heavy atom. The van der Waals surface area contributed by atoms with Crippen LogP contribution in [0.5, 0.6) is 5.75 Å². The summed E-state index contributed by atoms with van der Waals surface area (Å²) in [7, 11) is 0. The van der Waals surface area contributed by atoms with Crippen molar-refractivity contribution in [2.24, 2.45) is 0 Å². The van der Waals surface area contributed by atoms with Crippen LogP contribution in [-0.2, 0) is 9.09 Å². The van der Waals surface area contributed by atoms with E-state index < -0.39 is 6.80 Å². The lowest BCUT2D eigenvalue weighted by atomic mass is 10.3. The van der Waals surface area contributed by atoms with Gasteiger partial charge in [-0.1, -0.05) is 58.0 Å². The van der Waals surface area contributed by atoms with Gasteiger partial charge >= 0.3 is 6.80 Å². The molecule has 1 rings (SSSR count). The lowest BCUT2D eigenvalue weighted by Crippen LogP contribution is -2.02. The van der Waals surface area contributed by atoms with Crippen LogP contribution >= 0.6 is 77.1 Å². The summed E-state index contributed by atoms with van der Waals surface area (Å²) in [6.45, 7) is -0.386. The quantitative estimate of drug-likeness (QED) is 0.260. The first-order valence-electron chi connectivity index (χ1n) is 4.79. The fourth-order valence-electron chi connectivity index (χ4n) is 1.07. The average Bonchev–Trinajstić information content (AvgIpc) is 2.28. The zero-order valence-corrected chi connectivity index (χ0v) is 15.2. The Morgan fingerprint density at radius 2 is 1.32 bits per heavy atom. The highest BCUT2D eigenvalue weighted by atomic mass is 35.5. The van der Waals surface area contributed by atoms with E-state index in [1.807, 2.05) is 0 Å². The van der Waals surface area contributed by atoms with Crippen LogP contribution in [-0.4, -0.2) is 6.10 Å². The second-order valence-electron chi connectivity index (χ2n) is 3.61. The van der Waals surface area contributed by atoms with Crippen molar-refractivity contribution in [2.75, 3.05) is 0 Å². The summed E-state index contributed by atoms with van der Waals surface area (Å²) >= 11 is 33.2. The molecule has 1 aromatic carbocycles. The van der Waals surface area contributed by atoms with Gasteiger partial charge in [0.2, 0.25) is 0 Å². The Hall–Kier alpha value is 1.01.